The Kier molecular flexibility index (Phi) is 5.41. The van der Waals surface area contributed by atoms with E-state index < -0.39 is 0 Å². The van der Waals surface area contributed by atoms with Gasteiger partial charge >= 0.3 is 0 Å². The van der Waals surface area contributed by atoms with E-state index in [1.165, 1.54) is 23.5 Å². The molecule has 2 rings (SSSR count). The Balaban J connectivity index is 1.99. The number of amides is 1. The van der Waals surface area contributed by atoms with Crippen LogP contribution in [-0.4, -0.2) is 35.4 Å². The quantitative estimate of drug-likeness (QED) is 0.888. The van der Waals surface area contributed by atoms with Crippen LogP contribution in [0.15, 0.2) is 18.2 Å². The number of thiazole rings is 1. The van der Waals surface area contributed by atoms with E-state index in [0.717, 1.165) is 0 Å². The molecule has 0 aliphatic carbocycles. The fourth-order valence-electron chi connectivity index (χ4n) is 2.05. The van der Waals surface area contributed by atoms with Crippen molar-refractivity contribution in [2.45, 2.75) is 13.8 Å². The summed E-state index contributed by atoms with van der Waals surface area (Å²) in [6, 6.07) is 6.49. The number of fused-ring (bicyclic) bond motifs is 1. The maximum Gasteiger partial charge on any atom is 0.240 e. The number of halogens is 1. The molecule has 22 heavy (non-hydrogen) atoms. The summed E-state index contributed by atoms with van der Waals surface area (Å²) < 4.78 is 13.8. The van der Waals surface area contributed by atoms with E-state index in [1.54, 1.807) is 6.07 Å². The van der Waals surface area contributed by atoms with Gasteiger partial charge in [-0.15, -0.1) is 0 Å². The average Bonchev–Trinajstić information content (AvgIpc) is 2.87. The third kappa shape index (κ3) is 4.23. The number of benzene rings is 1. The second kappa shape index (κ2) is 7.29. The van der Waals surface area contributed by atoms with Crippen molar-refractivity contribution in [3.63, 3.8) is 0 Å². The number of carbonyl (C=O) groups is 1. The van der Waals surface area contributed by atoms with Crippen LogP contribution in [0.4, 0.5) is 9.52 Å². The Bertz CT molecular complexity index is 709. The van der Waals surface area contributed by atoms with Crippen molar-refractivity contribution in [1.82, 2.24) is 9.88 Å². The molecule has 0 saturated carbocycles. The van der Waals surface area contributed by atoms with Crippen LogP contribution in [0.1, 0.15) is 13.8 Å². The summed E-state index contributed by atoms with van der Waals surface area (Å²) in [7, 11) is 0. The molecule has 1 aromatic heterocycles. The standard InChI is InChI=1S/C15H17FN4OS/c1-3-20(8-10(2)7-17)9-14(21)19-15-18-12-5-4-11(16)6-13(12)22-15/h4-6,10H,3,8-9H2,1-2H3,(H,18,19,21)/t10-/m1/s1. The van der Waals surface area contributed by atoms with Crippen LogP contribution >= 0.6 is 11.3 Å². The van der Waals surface area contributed by atoms with Gasteiger partial charge in [-0.05, 0) is 31.7 Å². The van der Waals surface area contributed by atoms with Gasteiger partial charge in [0.05, 0.1) is 28.7 Å². The highest BCUT2D eigenvalue weighted by molar-refractivity contribution is 7.22. The number of rotatable bonds is 6. The minimum Gasteiger partial charge on any atom is -0.301 e. The largest absolute Gasteiger partial charge is 0.301 e. The topological polar surface area (TPSA) is 69.0 Å². The summed E-state index contributed by atoms with van der Waals surface area (Å²) >= 11 is 1.24. The number of nitrogens with one attached hydrogen (secondary N) is 1. The zero-order valence-electron chi connectivity index (χ0n) is 12.5. The monoisotopic (exact) mass is 320 g/mol. The molecule has 0 bridgehead atoms. The van der Waals surface area contributed by atoms with Crippen molar-refractivity contribution in [2.24, 2.45) is 5.92 Å². The first kappa shape index (κ1) is 16.3. The van der Waals surface area contributed by atoms with E-state index in [2.05, 4.69) is 16.4 Å². The van der Waals surface area contributed by atoms with E-state index in [9.17, 15) is 9.18 Å². The van der Waals surface area contributed by atoms with Crippen LogP contribution in [0.25, 0.3) is 10.2 Å². The van der Waals surface area contributed by atoms with Crippen molar-refractivity contribution in [1.29, 1.82) is 5.26 Å². The summed E-state index contributed by atoms with van der Waals surface area (Å²) in [4.78, 5) is 18.2. The predicted molar refractivity (Wildman–Crippen MR) is 85.1 cm³/mol. The highest BCUT2D eigenvalue weighted by atomic mass is 32.1. The lowest BCUT2D eigenvalue weighted by Gasteiger charge is -2.20. The summed E-state index contributed by atoms with van der Waals surface area (Å²) in [6.07, 6.45) is 0. The fourth-order valence-corrected chi connectivity index (χ4v) is 2.95. The molecule has 0 aliphatic rings. The second-order valence-electron chi connectivity index (χ2n) is 5.04. The number of aromatic nitrogens is 1. The van der Waals surface area contributed by atoms with Gasteiger partial charge in [0.2, 0.25) is 5.91 Å². The van der Waals surface area contributed by atoms with Crippen LogP contribution in [0.5, 0.6) is 0 Å². The molecule has 1 aromatic carbocycles. The van der Waals surface area contributed by atoms with E-state index in [0.29, 0.717) is 28.4 Å². The Morgan fingerprint density at radius 3 is 3.05 bits per heavy atom. The van der Waals surface area contributed by atoms with Gasteiger partial charge in [0.15, 0.2) is 5.13 Å². The molecule has 1 amide bonds. The molecule has 0 unspecified atom stereocenters. The van der Waals surface area contributed by atoms with Gasteiger partial charge in [-0.25, -0.2) is 9.37 Å². The first-order valence-corrected chi connectivity index (χ1v) is 7.81. The normalized spacial score (nSPS) is 12.3. The van der Waals surface area contributed by atoms with Gasteiger partial charge in [-0.3, -0.25) is 9.69 Å². The molecule has 7 heteroatoms. The Hall–Kier alpha value is -2.04. The minimum absolute atomic E-state index is 0.127. The van der Waals surface area contributed by atoms with Crippen LogP contribution in [0, 0.1) is 23.1 Å². The molecular weight excluding hydrogens is 303 g/mol. The zero-order chi connectivity index (χ0) is 16.1. The van der Waals surface area contributed by atoms with Crippen LogP contribution < -0.4 is 5.32 Å². The number of hydrogen-bond acceptors (Lipinski definition) is 5. The van der Waals surface area contributed by atoms with Gasteiger partial charge < -0.3 is 5.32 Å². The number of carbonyl (C=O) groups excluding carboxylic acids is 1. The summed E-state index contributed by atoms with van der Waals surface area (Å²) in [5, 5.41) is 12.0. The summed E-state index contributed by atoms with van der Waals surface area (Å²) in [5.41, 5.74) is 0.659. The minimum atomic E-state index is -0.323. The molecule has 0 saturated heterocycles. The highest BCUT2D eigenvalue weighted by Crippen LogP contribution is 2.26. The second-order valence-corrected chi connectivity index (χ2v) is 6.07. The first-order valence-electron chi connectivity index (χ1n) is 6.99. The van der Waals surface area contributed by atoms with Gasteiger partial charge in [0.1, 0.15) is 5.82 Å². The van der Waals surface area contributed by atoms with E-state index in [4.69, 9.17) is 5.26 Å². The summed E-state index contributed by atoms with van der Waals surface area (Å²) in [5.74, 6) is -0.638. The maximum atomic E-state index is 13.1. The lowest BCUT2D eigenvalue weighted by molar-refractivity contribution is -0.117. The van der Waals surface area contributed by atoms with Gasteiger partial charge in [0.25, 0.3) is 0 Å². The van der Waals surface area contributed by atoms with E-state index in [-0.39, 0.29) is 24.2 Å². The molecular formula is C15H17FN4OS. The molecule has 116 valence electrons. The first-order chi connectivity index (χ1) is 10.5. The van der Waals surface area contributed by atoms with Crippen LogP contribution in [0.3, 0.4) is 0 Å². The fraction of sp³-hybridized carbons (Fsp3) is 0.400. The Morgan fingerprint density at radius 1 is 1.59 bits per heavy atom. The number of nitriles is 1. The highest BCUT2D eigenvalue weighted by Gasteiger charge is 2.14. The third-order valence-corrected chi connectivity index (χ3v) is 4.10. The molecule has 0 radical (unpaired) electrons. The van der Waals surface area contributed by atoms with Crippen molar-refractivity contribution >= 4 is 32.6 Å². The van der Waals surface area contributed by atoms with Gasteiger partial charge in [0, 0.05) is 6.54 Å². The van der Waals surface area contributed by atoms with Crippen molar-refractivity contribution in [3.8, 4) is 6.07 Å². The van der Waals surface area contributed by atoms with Crippen molar-refractivity contribution in [3.05, 3.63) is 24.0 Å². The summed E-state index contributed by atoms with van der Waals surface area (Å²) in [6.45, 7) is 5.20. The SMILES string of the molecule is CCN(CC(=O)Nc1nc2ccc(F)cc2s1)C[C@H](C)C#N. The molecule has 0 spiro atoms. The molecule has 1 atom stereocenters. The zero-order valence-corrected chi connectivity index (χ0v) is 13.3. The number of likely N-dealkylation sites (N-methyl/N-ethyl adjacent to an activating group) is 1. The molecule has 1 heterocycles. The molecule has 5 nitrogen and oxygen atoms in total. The molecule has 0 aliphatic heterocycles. The molecule has 0 fully saturated rings. The Morgan fingerprint density at radius 2 is 2.36 bits per heavy atom. The number of nitrogens with zero attached hydrogens (tertiary/aromatic N) is 3. The van der Waals surface area contributed by atoms with E-state index >= 15 is 0 Å². The van der Waals surface area contributed by atoms with Gasteiger partial charge in [-0.2, -0.15) is 5.26 Å². The smallest absolute Gasteiger partial charge is 0.240 e. The predicted octanol–water partition coefficient (Wildman–Crippen LogP) is 2.86. The van der Waals surface area contributed by atoms with Crippen molar-refractivity contribution in [2.75, 3.05) is 25.0 Å². The lowest BCUT2D eigenvalue weighted by Crippen LogP contribution is -2.35. The maximum absolute atomic E-state index is 13.1. The van der Waals surface area contributed by atoms with E-state index in [1.807, 2.05) is 18.7 Å². The van der Waals surface area contributed by atoms with Crippen LogP contribution in [0.2, 0.25) is 0 Å². The third-order valence-electron chi connectivity index (χ3n) is 3.16. The lowest BCUT2D eigenvalue weighted by atomic mass is 10.2. The van der Waals surface area contributed by atoms with Gasteiger partial charge in [-0.1, -0.05) is 18.3 Å². The number of anilines is 1. The van der Waals surface area contributed by atoms with Crippen molar-refractivity contribution < 1.29 is 9.18 Å². The Labute approximate surface area is 132 Å². The number of hydrogen-bond donors (Lipinski definition) is 1. The van der Waals surface area contributed by atoms with Crippen LogP contribution in [-0.2, 0) is 4.79 Å². The molecule has 2 aromatic rings. The average molecular weight is 320 g/mol. The molecule has 1 N–H and O–H groups in total.